The molecule has 0 unspecified atom stereocenters. The molecule has 4 rings (SSSR count). The highest BCUT2D eigenvalue weighted by Gasteiger charge is 2.23. The number of rotatable bonds is 7. The molecule has 2 heterocycles. The van der Waals surface area contributed by atoms with Crippen LogP contribution in [0.4, 0.5) is 11.4 Å². The molecule has 3 aromatic rings. The maximum atomic E-state index is 12.9. The molecule has 2 amide bonds. The number of carbonyl (C=O) groups excluding carboxylic acids is 2. The van der Waals surface area contributed by atoms with E-state index in [0.29, 0.717) is 35.2 Å². The van der Waals surface area contributed by atoms with E-state index in [0.717, 1.165) is 23.3 Å². The number of hydrogen-bond acceptors (Lipinski definition) is 5. The third-order valence-corrected chi connectivity index (χ3v) is 6.06. The smallest absolute Gasteiger partial charge is 0.269 e. The van der Waals surface area contributed by atoms with E-state index in [1.54, 1.807) is 24.3 Å². The summed E-state index contributed by atoms with van der Waals surface area (Å²) in [4.78, 5) is 26.6. The van der Waals surface area contributed by atoms with Crippen molar-refractivity contribution in [3.8, 4) is 16.2 Å². The minimum atomic E-state index is -0.381. The van der Waals surface area contributed by atoms with Gasteiger partial charge in [-0.15, -0.1) is 11.3 Å². The minimum Gasteiger partial charge on any atom is -0.492 e. The van der Waals surface area contributed by atoms with Crippen molar-refractivity contribution in [2.45, 2.75) is 25.9 Å². The van der Waals surface area contributed by atoms with E-state index in [9.17, 15) is 9.59 Å². The molecule has 0 aliphatic carbocycles. The molecular formula is C24H24N2O4S. The maximum Gasteiger partial charge on any atom is 0.269 e. The summed E-state index contributed by atoms with van der Waals surface area (Å²) in [6.07, 6.45) is 1.27. The summed E-state index contributed by atoms with van der Waals surface area (Å²) in [7, 11) is 0. The lowest BCUT2D eigenvalue weighted by atomic mass is 10.2. The Balaban J connectivity index is 1.45. The Bertz CT molecular complexity index is 1040. The molecule has 0 spiro atoms. The van der Waals surface area contributed by atoms with Crippen LogP contribution in [0.2, 0.25) is 0 Å². The second kappa shape index (κ2) is 9.76. The first-order valence-electron chi connectivity index (χ1n) is 10.3. The fraction of sp³-hybridized carbons (Fsp3) is 0.250. The predicted molar refractivity (Wildman–Crippen MR) is 123 cm³/mol. The average molecular weight is 437 g/mol. The van der Waals surface area contributed by atoms with Crippen LogP contribution >= 0.6 is 11.3 Å². The van der Waals surface area contributed by atoms with Gasteiger partial charge in [0.2, 0.25) is 0 Å². The van der Waals surface area contributed by atoms with E-state index in [4.69, 9.17) is 9.47 Å². The van der Waals surface area contributed by atoms with Crippen LogP contribution in [0.15, 0.2) is 60.7 Å². The summed E-state index contributed by atoms with van der Waals surface area (Å²) in [6, 6.07) is 18.8. The first-order chi connectivity index (χ1) is 15.1. The summed E-state index contributed by atoms with van der Waals surface area (Å²) in [5, 5.41) is 5.76. The van der Waals surface area contributed by atoms with Gasteiger partial charge in [0.1, 0.15) is 16.7 Å². The van der Waals surface area contributed by atoms with Gasteiger partial charge in [0.15, 0.2) is 0 Å². The van der Waals surface area contributed by atoms with E-state index < -0.39 is 0 Å². The van der Waals surface area contributed by atoms with Crippen molar-refractivity contribution in [1.82, 2.24) is 0 Å². The molecule has 160 valence electrons. The maximum absolute atomic E-state index is 12.9. The molecule has 1 fully saturated rings. The van der Waals surface area contributed by atoms with Gasteiger partial charge < -0.3 is 20.1 Å². The van der Waals surface area contributed by atoms with E-state index in [1.165, 1.54) is 11.3 Å². The number of benzene rings is 2. The molecule has 1 aromatic heterocycles. The van der Waals surface area contributed by atoms with Crippen LogP contribution in [0.3, 0.4) is 0 Å². The fourth-order valence-electron chi connectivity index (χ4n) is 3.37. The summed E-state index contributed by atoms with van der Waals surface area (Å²) in [5.74, 6) is 0.207. The van der Waals surface area contributed by atoms with Gasteiger partial charge in [0, 0.05) is 22.9 Å². The summed E-state index contributed by atoms with van der Waals surface area (Å²) < 4.78 is 11.1. The van der Waals surface area contributed by atoms with Gasteiger partial charge in [-0.2, -0.15) is 0 Å². The molecule has 1 aliphatic heterocycles. The van der Waals surface area contributed by atoms with Crippen molar-refractivity contribution in [1.29, 1.82) is 0 Å². The van der Waals surface area contributed by atoms with E-state index in [1.807, 2.05) is 43.3 Å². The Morgan fingerprint density at radius 2 is 1.77 bits per heavy atom. The van der Waals surface area contributed by atoms with Crippen molar-refractivity contribution >= 4 is 34.5 Å². The van der Waals surface area contributed by atoms with Gasteiger partial charge in [0.05, 0.1) is 6.61 Å². The Labute approximate surface area is 185 Å². The molecule has 6 nitrogen and oxygen atoms in total. The second-order valence-corrected chi connectivity index (χ2v) is 8.18. The Morgan fingerprint density at radius 3 is 2.42 bits per heavy atom. The van der Waals surface area contributed by atoms with Crippen molar-refractivity contribution in [2.24, 2.45) is 0 Å². The lowest BCUT2D eigenvalue weighted by Gasteiger charge is -2.11. The van der Waals surface area contributed by atoms with Gasteiger partial charge in [-0.05, 0) is 55.7 Å². The normalized spacial score (nSPS) is 15.5. The van der Waals surface area contributed by atoms with Crippen LogP contribution < -0.4 is 15.4 Å². The summed E-state index contributed by atoms with van der Waals surface area (Å²) >= 11 is 1.40. The first-order valence-corrected chi connectivity index (χ1v) is 11.1. The van der Waals surface area contributed by atoms with Crippen LogP contribution in [0, 0.1) is 0 Å². The number of nitrogens with one attached hydrogen (secondary N) is 2. The molecule has 2 N–H and O–H groups in total. The number of thiophene rings is 1. The van der Waals surface area contributed by atoms with Crippen molar-refractivity contribution in [3.05, 3.63) is 65.5 Å². The van der Waals surface area contributed by atoms with Crippen molar-refractivity contribution < 1.29 is 19.1 Å². The van der Waals surface area contributed by atoms with Gasteiger partial charge in [-0.1, -0.05) is 30.3 Å². The number of carbonyl (C=O) groups is 2. The molecule has 1 aliphatic rings. The average Bonchev–Trinajstić information content (AvgIpc) is 3.47. The topological polar surface area (TPSA) is 76.7 Å². The molecule has 7 heteroatoms. The Kier molecular flexibility index (Phi) is 6.64. The highest BCUT2D eigenvalue weighted by molar-refractivity contribution is 7.17. The van der Waals surface area contributed by atoms with Crippen LogP contribution in [-0.2, 0) is 9.53 Å². The van der Waals surface area contributed by atoms with Crippen LogP contribution in [-0.4, -0.2) is 31.1 Å². The predicted octanol–water partition coefficient (Wildman–Crippen LogP) is 5.18. The molecule has 0 saturated carbocycles. The monoisotopic (exact) mass is 436 g/mol. The number of hydrogen-bond donors (Lipinski definition) is 2. The number of amides is 2. The highest BCUT2D eigenvalue weighted by Crippen LogP contribution is 2.36. The molecular weight excluding hydrogens is 412 g/mol. The second-order valence-electron chi connectivity index (χ2n) is 7.13. The summed E-state index contributed by atoms with van der Waals surface area (Å²) in [5.41, 5.74) is 2.34. The van der Waals surface area contributed by atoms with E-state index >= 15 is 0 Å². The largest absolute Gasteiger partial charge is 0.492 e. The Hall–Kier alpha value is -3.16. The minimum absolute atomic E-state index is 0.136. The van der Waals surface area contributed by atoms with Crippen LogP contribution in [0.1, 0.15) is 29.4 Å². The molecule has 31 heavy (non-hydrogen) atoms. The van der Waals surface area contributed by atoms with Crippen molar-refractivity contribution in [2.75, 3.05) is 23.8 Å². The lowest BCUT2D eigenvalue weighted by molar-refractivity contribution is -0.124. The number of anilines is 2. The summed E-state index contributed by atoms with van der Waals surface area (Å²) in [6.45, 7) is 3.00. The zero-order valence-electron chi connectivity index (χ0n) is 17.2. The molecule has 0 bridgehead atoms. The standard InChI is InChI=1S/C24H24N2O4S/c1-2-29-20-15-21(16-7-4-3-5-8-16)31-22(20)24(28)26-18-12-10-17(11-13-18)25-23(27)19-9-6-14-30-19/h3-5,7-8,10-13,15,19H,2,6,9,14H2,1H3,(H,25,27)(H,26,28)/t19-/m1/s1. The molecule has 1 atom stereocenters. The molecule has 2 aromatic carbocycles. The highest BCUT2D eigenvalue weighted by atomic mass is 32.1. The molecule has 1 saturated heterocycles. The van der Waals surface area contributed by atoms with Gasteiger partial charge >= 0.3 is 0 Å². The third kappa shape index (κ3) is 5.13. The lowest BCUT2D eigenvalue weighted by Crippen LogP contribution is -2.26. The van der Waals surface area contributed by atoms with Crippen molar-refractivity contribution in [3.63, 3.8) is 0 Å². The zero-order chi connectivity index (χ0) is 21.6. The number of ether oxygens (including phenoxy) is 2. The van der Waals surface area contributed by atoms with Gasteiger partial charge in [-0.3, -0.25) is 9.59 Å². The van der Waals surface area contributed by atoms with Crippen LogP contribution in [0.5, 0.6) is 5.75 Å². The first kappa shape index (κ1) is 21.1. The third-order valence-electron chi connectivity index (χ3n) is 4.89. The van der Waals surface area contributed by atoms with E-state index in [2.05, 4.69) is 10.6 Å². The fourth-order valence-corrected chi connectivity index (χ4v) is 4.37. The van der Waals surface area contributed by atoms with Gasteiger partial charge in [-0.25, -0.2) is 0 Å². The van der Waals surface area contributed by atoms with Gasteiger partial charge in [0.25, 0.3) is 11.8 Å². The quantitative estimate of drug-likeness (QED) is 0.535. The van der Waals surface area contributed by atoms with E-state index in [-0.39, 0.29) is 17.9 Å². The molecule has 0 radical (unpaired) electrons. The zero-order valence-corrected chi connectivity index (χ0v) is 18.0. The van der Waals surface area contributed by atoms with Crippen LogP contribution in [0.25, 0.3) is 10.4 Å². The SMILES string of the molecule is CCOc1cc(-c2ccccc2)sc1C(=O)Nc1ccc(NC(=O)[C@H]2CCCO2)cc1. The Morgan fingerprint density at radius 1 is 1.06 bits per heavy atom.